The molecular weight excluding hydrogens is 270 g/mol. The van der Waals surface area contributed by atoms with Crippen LogP contribution in [0.5, 0.6) is 17.2 Å². The molecule has 6 heteroatoms. The third-order valence-electron chi connectivity index (χ3n) is 3.43. The van der Waals surface area contributed by atoms with Crippen LogP contribution in [0.25, 0.3) is 0 Å². The van der Waals surface area contributed by atoms with Gasteiger partial charge in [-0.05, 0) is 24.6 Å². The number of methoxy groups -OCH3 is 3. The highest BCUT2D eigenvalue weighted by atomic mass is 16.5. The van der Waals surface area contributed by atoms with Gasteiger partial charge >= 0.3 is 0 Å². The molecule has 0 bridgehead atoms. The van der Waals surface area contributed by atoms with Crippen LogP contribution >= 0.6 is 0 Å². The van der Waals surface area contributed by atoms with E-state index in [1.165, 1.54) is 0 Å². The van der Waals surface area contributed by atoms with E-state index in [-0.39, 0.29) is 6.04 Å². The van der Waals surface area contributed by atoms with Gasteiger partial charge in [0.2, 0.25) is 0 Å². The van der Waals surface area contributed by atoms with Crippen molar-refractivity contribution in [3.05, 3.63) is 35.7 Å². The maximum atomic E-state index is 6.39. The van der Waals surface area contributed by atoms with Gasteiger partial charge in [0.25, 0.3) is 0 Å². The number of hydrogen-bond acceptors (Lipinski definition) is 5. The molecule has 0 radical (unpaired) electrons. The molecule has 1 unspecified atom stereocenters. The topological polar surface area (TPSA) is 71.5 Å². The van der Waals surface area contributed by atoms with E-state index in [4.69, 9.17) is 19.9 Å². The quantitative estimate of drug-likeness (QED) is 0.881. The third-order valence-corrected chi connectivity index (χ3v) is 3.43. The van der Waals surface area contributed by atoms with Gasteiger partial charge in [0.05, 0.1) is 33.6 Å². The Morgan fingerprint density at radius 2 is 1.76 bits per heavy atom. The number of rotatable bonds is 6. The lowest BCUT2D eigenvalue weighted by molar-refractivity contribution is 0.354. The molecule has 6 nitrogen and oxygen atoms in total. The van der Waals surface area contributed by atoms with E-state index in [2.05, 4.69) is 5.10 Å². The Labute approximate surface area is 124 Å². The van der Waals surface area contributed by atoms with Crippen LogP contribution < -0.4 is 19.9 Å². The van der Waals surface area contributed by atoms with E-state index >= 15 is 0 Å². The second-order valence-corrected chi connectivity index (χ2v) is 4.51. The monoisotopic (exact) mass is 291 g/mol. The van der Waals surface area contributed by atoms with E-state index in [1.807, 2.05) is 29.8 Å². The maximum Gasteiger partial charge on any atom is 0.161 e. The molecule has 0 aliphatic carbocycles. The normalized spacial score (nSPS) is 12.0. The molecule has 21 heavy (non-hydrogen) atoms. The molecule has 1 aromatic carbocycles. The summed E-state index contributed by atoms with van der Waals surface area (Å²) in [5.41, 5.74) is 8.14. The lowest BCUT2D eigenvalue weighted by Gasteiger charge is -2.17. The Kier molecular flexibility index (Phi) is 4.70. The molecule has 1 heterocycles. The minimum atomic E-state index is -0.359. The highest BCUT2D eigenvalue weighted by Gasteiger charge is 2.21. The molecule has 0 amide bonds. The molecule has 114 valence electrons. The summed E-state index contributed by atoms with van der Waals surface area (Å²) in [6, 6.07) is 5.27. The van der Waals surface area contributed by atoms with Crippen LogP contribution in [0.3, 0.4) is 0 Å². The summed E-state index contributed by atoms with van der Waals surface area (Å²) < 4.78 is 17.8. The lowest BCUT2D eigenvalue weighted by Crippen LogP contribution is -2.18. The van der Waals surface area contributed by atoms with Crippen molar-refractivity contribution in [3.8, 4) is 17.2 Å². The molecule has 2 N–H and O–H groups in total. The average Bonchev–Trinajstić information content (AvgIpc) is 2.96. The van der Waals surface area contributed by atoms with Gasteiger partial charge in [-0.25, -0.2) is 0 Å². The van der Waals surface area contributed by atoms with Crippen LogP contribution in [0.15, 0.2) is 24.4 Å². The van der Waals surface area contributed by atoms with E-state index < -0.39 is 0 Å². The van der Waals surface area contributed by atoms with Gasteiger partial charge in [0.15, 0.2) is 17.2 Å². The van der Waals surface area contributed by atoms with Crippen LogP contribution in [-0.2, 0) is 6.54 Å². The smallest absolute Gasteiger partial charge is 0.161 e. The summed E-state index contributed by atoms with van der Waals surface area (Å²) in [4.78, 5) is 0. The molecule has 0 saturated heterocycles. The van der Waals surface area contributed by atoms with Crippen molar-refractivity contribution in [2.24, 2.45) is 5.73 Å². The third kappa shape index (κ3) is 2.80. The van der Waals surface area contributed by atoms with Crippen LogP contribution in [-0.4, -0.2) is 31.1 Å². The fourth-order valence-corrected chi connectivity index (χ4v) is 2.30. The molecule has 0 saturated carbocycles. The van der Waals surface area contributed by atoms with Crippen molar-refractivity contribution < 1.29 is 14.2 Å². The number of nitrogens with zero attached hydrogens (tertiary/aromatic N) is 2. The zero-order valence-electron chi connectivity index (χ0n) is 12.8. The average molecular weight is 291 g/mol. The summed E-state index contributed by atoms with van der Waals surface area (Å²) >= 11 is 0. The Hall–Kier alpha value is -2.21. The summed E-state index contributed by atoms with van der Waals surface area (Å²) in [5.74, 6) is 2.00. The van der Waals surface area contributed by atoms with Gasteiger partial charge in [-0.1, -0.05) is 6.07 Å². The SMILES string of the molecule is CCn1ncc(OC)c1C(N)c1ccc(OC)c(OC)c1. The number of ether oxygens (including phenoxy) is 3. The van der Waals surface area contributed by atoms with E-state index in [9.17, 15) is 0 Å². The van der Waals surface area contributed by atoms with Crippen molar-refractivity contribution in [3.63, 3.8) is 0 Å². The van der Waals surface area contributed by atoms with Crippen molar-refractivity contribution >= 4 is 0 Å². The number of aromatic nitrogens is 2. The first-order valence-electron chi connectivity index (χ1n) is 6.73. The minimum Gasteiger partial charge on any atom is -0.493 e. The van der Waals surface area contributed by atoms with E-state index in [0.717, 1.165) is 17.8 Å². The summed E-state index contributed by atoms with van der Waals surface area (Å²) in [5, 5.41) is 4.28. The highest BCUT2D eigenvalue weighted by molar-refractivity contribution is 5.46. The van der Waals surface area contributed by atoms with Crippen LogP contribution in [0.4, 0.5) is 0 Å². The predicted molar refractivity (Wildman–Crippen MR) is 80.0 cm³/mol. The molecule has 0 aliphatic rings. The standard InChI is InChI=1S/C15H21N3O3/c1-5-18-15(13(21-4)9-17-18)14(16)10-6-7-11(19-2)12(8-10)20-3/h6-9,14H,5,16H2,1-4H3. The van der Waals surface area contributed by atoms with Gasteiger partial charge in [-0.15, -0.1) is 0 Å². The first kappa shape index (κ1) is 15.2. The number of nitrogens with two attached hydrogens (primary N) is 1. The highest BCUT2D eigenvalue weighted by Crippen LogP contribution is 2.33. The zero-order valence-corrected chi connectivity index (χ0v) is 12.8. The number of benzene rings is 1. The van der Waals surface area contributed by atoms with Gasteiger partial charge in [0.1, 0.15) is 5.69 Å². The predicted octanol–water partition coefficient (Wildman–Crippen LogP) is 1.98. The molecule has 1 aromatic heterocycles. The van der Waals surface area contributed by atoms with E-state index in [0.29, 0.717) is 17.2 Å². The molecular formula is C15H21N3O3. The van der Waals surface area contributed by atoms with E-state index in [1.54, 1.807) is 27.5 Å². The van der Waals surface area contributed by atoms with Crippen LogP contribution in [0.2, 0.25) is 0 Å². The van der Waals surface area contributed by atoms with Gasteiger partial charge in [-0.2, -0.15) is 5.10 Å². The minimum absolute atomic E-state index is 0.359. The first-order chi connectivity index (χ1) is 10.2. The molecule has 0 spiro atoms. The molecule has 2 aromatic rings. The molecule has 0 aliphatic heterocycles. The Morgan fingerprint density at radius 3 is 2.33 bits per heavy atom. The number of hydrogen-bond donors (Lipinski definition) is 1. The maximum absolute atomic E-state index is 6.39. The molecule has 0 fully saturated rings. The van der Waals surface area contributed by atoms with Crippen LogP contribution in [0.1, 0.15) is 24.2 Å². The lowest BCUT2D eigenvalue weighted by atomic mass is 10.0. The second-order valence-electron chi connectivity index (χ2n) is 4.51. The van der Waals surface area contributed by atoms with Crippen molar-refractivity contribution in [2.75, 3.05) is 21.3 Å². The summed E-state index contributed by atoms with van der Waals surface area (Å²) in [6.07, 6.45) is 1.68. The van der Waals surface area contributed by atoms with Gasteiger partial charge in [0, 0.05) is 6.54 Å². The van der Waals surface area contributed by atoms with Crippen LogP contribution in [0, 0.1) is 0 Å². The zero-order chi connectivity index (χ0) is 15.4. The molecule has 2 rings (SSSR count). The first-order valence-corrected chi connectivity index (χ1v) is 6.73. The summed E-state index contributed by atoms with van der Waals surface area (Å²) in [6.45, 7) is 2.73. The number of aryl methyl sites for hydroxylation is 1. The Balaban J connectivity index is 2.44. The van der Waals surface area contributed by atoms with Crippen molar-refractivity contribution in [1.82, 2.24) is 9.78 Å². The Bertz CT molecular complexity index is 589. The fourth-order valence-electron chi connectivity index (χ4n) is 2.30. The fraction of sp³-hybridized carbons (Fsp3) is 0.400. The summed E-state index contributed by atoms with van der Waals surface area (Å²) in [7, 11) is 4.82. The second kappa shape index (κ2) is 6.49. The largest absolute Gasteiger partial charge is 0.493 e. The van der Waals surface area contributed by atoms with Crippen molar-refractivity contribution in [1.29, 1.82) is 0 Å². The van der Waals surface area contributed by atoms with Gasteiger partial charge < -0.3 is 19.9 Å². The van der Waals surface area contributed by atoms with Gasteiger partial charge in [-0.3, -0.25) is 4.68 Å². The molecule has 1 atom stereocenters. The Morgan fingerprint density at radius 1 is 1.10 bits per heavy atom. The van der Waals surface area contributed by atoms with Crippen molar-refractivity contribution in [2.45, 2.75) is 19.5 Å².